The summed E-state index contributed by atoms with van der Waals surface area (Å²) in [4.78, 5) is 41.3. The standard InChI is InChI=1S/C34H37ClFN8O4P/c1-48-29-17-22(8-10-26(29)40-34-38-18-24(35)32(42-34)39-27-6-4-5-7-30(27)49(2,3)47)44-14-12-43(13-15-44)20-21-16-28(37-19-25(21)36)23-9-11-31(45)41-33(23)46/h4-8,10,16-19,23H,9,11-15,20H2,1-3H3,(H,41,45,46)(H2,38,39,40,42). The van der Waals surface area contributed by atoms with Gasteiger partial charge in [0.1, 0.15) is 23.7 Å². The molecule has 1 atom stereocenters. The first kappa shape index (κ1) is 34.3. The zero-order chi connectivity index (χ0) is 34.7. The minimum Gasteiger partial charge on any atom is -0.494 e. The summed E-state index contributed by atoms with van der Waals surface area (Å²) in [5.41, 5.74) is 3.24. The van der Waals surface area contributed by atoms with Gasteiger partial charge in [-0.25, -0.2) is 9.37 Å². The van der Waals surface area contributed by atoms with Crippen LogP contribution in [0.2, 0.25) is 5.02 Å². The number of nitrogens with one attached hydrogen (secondary N) is 3. The van der Waals surface area contributed by atoms with Gasteiger partial charge in [0.15, 0.2) is 5.82 Å². The Morgan fingerprint density at radius 3 is 2.53 bits per heavy atom. The van der Waals surface area contributed by atoms with E-state index in [0.717, 1.165) is 11.9 Å². The summed E-state index contributed by atoms with van der Waals surface area (Å²) in [5, 5.41) is 9.77. The fourth-order valence-corrected chi connectivity index (χ4v) is 7.28. The topological polar surface area (TPSA) is 142 Å². The molecule has 15 heteroatoms. The zero-order valence-electron chi connectivity index (χ0n) is 27.4. The van der Waals surface area contributed by atoms with Gasteiger partial charge in [0.05, 0.1) is 42.5 Å². The molecule has 2 aromatic heterocycles. The smallest absolute Gasteiger partial charge is 0.235 e. The molecule has 49 heavy (non-hydrogen) atoms. The molecule has 1 unspecified atom stereocenters. The maximum absolute atomic E-state index is 14.8. The number of ether oxygens (including phenoxy) is 1. The van der Waals surface area contributed by atoms with Crippen molar-refractivity contribution in [1.82, 2.24) is 25.2 Å². The predicted octanol–water partition coefficient (Wildman–Crippen LogP) is 5.25. The van der Waals surface area contributed by atoms with Crippen LogP contribution in [0, 0.1) is 5.82 Å². The molecule has 4 heterocycles. The van der Waals surface area contributed by atoms with Crippen molar-refractivity contribution in [3.63, 3.8) is 0 Å². The number of para-hydroxylation sites is 1. The molecule has 2 aromatic carbocycles. The number of amides is 2. The minimum atomic E-state index is -2.56. The first-order chi connectivity index (χ1) is 23.5. The molecule has 2 aliphatic rings. The van der Waals surface area contributed by atoms with Crippen LogP contribution in [0.1, 0.15) is 30.0 Å². The zero-order valence-corrected chi connectivity index (χ0v) is 29.0. The Hall–Kier alpha value is -4.58. The molecule has 0 bridgehead atoms. The van der Waals surface area contributed by atoms with Gasteiger partial charge >= 0.3 is 0 Å². The van der Waals surface area contributed by atoms with Crippen LogP contribution in [0.3, 0.4) is 0 Å². The van der Waals surface area contributed by atoms with Gasteiger partial charge in [-0.15, -0.1) is 0 Å². The van der Waals surface area contributed by atoms with Crippen LogP contribution < -0.4 is 30.9 Å². The van der Waals surface area contributed by atoms with E-state index in [1.165, 1.54) is 6.20 Å². The van der Waals surface area contributed by atoms with Crippen LogP contribution in [0.15, 0.2) is 60.9 Å². The van der Waals surface area contributed by atoms with E-state index in [4.69, 9.17) is 16.3 Å². The van der Waals surface area contributed by atoms with Crippen molar-refractivity contribution in [2.45, 2.75) is 25.3 Å². The molecule has 2 fully saturated rings. The van der Waals surface area contributed by atoms with Crippen molar-refractivity contribution < 1.29 is 23.3 Å². The Kier molecular flexibility index (Phi) is 10.1. The van der Waals surface area contributed by atoms with Gasteiger partial charge in [-0.05, 0) is 50.1 Å². The number of hydrogen-bond acceptors (Lipinski definition) is 11. The number of anilines is 5. The summed E-state index contributed by atoms with van der Waals surface area (Å²) >= 11 is 6.43. The third kappa shape index (κ3) is 8.01. The molecule has 6 rings (SSSR count). The van der Waals surface area contributed by atoms with E-state index < -0.39 is 24.8 Å². The Morgan fingerprint density at radius 1 is 1.02 bits per heavy atom. The number of piperidine rings is 1. The Balaban J connectivity index is 1.10. The largest absolute Gasteiger partial charge is 0.494 e. The number of pyridine rings is 1. The molecule has 0 radical (unpaired) electrons. The second-order valence-corrected chi connectivity index (χ2v) is 16.0. The monoisotopic (exact) mass is 706 g/mol. The highest BCUT2D eigenvalue weighted by Crippen LogP contribution is 2.39. The number of rotatable bonds is 10. The summed E-state index contributed by atoms with van der Waals surface area (Å²) < 4.78 is 33.3. The summed E-state index contributed by atoms with van der Waals surface area (Å²) in [6.45, 7) is 6.62. The predicted molar refractivity (Wildman–Crippen MR) is 189 cm³/mol. The van der Waals surface area contributed by atoms with E-state index in [2.05, 4.69) is 40.7 Å². The maximum Gasteiger partial charge on any atom is 0.235 e. The van der Waals surface area contributed by atoms with E-state index in [1.54, 1.807) is 26.5 Å². The van der Waals surface area contributed by atoms with Crippen LogP contribution in [0.25, 0.3) is 0 Å². The van der Waals surface area contributed by atoms with E-state index >= 15 is 0 Å². The van der Waals surface area contributed by atoms with Gasteiger partial charge in [-0.1, -0.05) is 23.7 Å². The molecule has 2 aliphatic heterocycles. The van der Waals surface area contributed by atoms with Crippen molar-refractivity contribution in [3.05, 3.63) is 83.0 Å². The summed E-state index contributed by atoms with van der Waals surface area (Å²) in [6, 6.07) is 14.8. The maximum atomic E-state index is 14.8. The molecule has 4 aromatic rings. The summed E-state index contributed by atoms with van der Waals surface area (Å²) in [5.74, 6) is -0.415. The number of aromatic nitrogens is 3. The number of halogens is 2. The van der Waals surface area contributed by atoms with Gasteiger partial charge in [0.2, 0.25) is 17.8 Å². The third-order valence-electron chi connectivity index (χ3n) is 8.60. The van der Waals surface area contributed by atoms with Crippen LogP contribution in [0.4, 0.5) is 33.2 Å². The molecule has 3 N–H and O–H groups in total. The average Bonchev–Trinajstić information content (AvgIpc) is 3.08. The van der Waals surface area contributed by atoms with Gasteiger partial charge in [0.25, 0.3) is 0 Å². The highest BCUT2D eigenvalue weighted by atomic mass is 35.5. The second kappa shape index (κ2) is 14.5. The highest BCUT2D eigenvalue weighted by molar-refractivity contribution is 7.70. The molecule has 256 valence electrons. The van der Waals surface area contributed by atoms with Gasteiger partial charge in [-0.2, -0.15) is 4.98 Å². The minimum absolute atomic E-state index is 0.237. The molecule has 0 saturated carbocycles. The van der Waals surface area contributed by atoms with Crippen LogP contribution in [0.5, 0.6) is 5.75 Å². The van der Waals surface area contributed by atoms with Crippen LogP contribution >= 0.6 is 18.7 Å². The fourth-order valence-electron chi connectivity index (χ4n) is 5.98. The van der Waals surface area contributed by atoms with E-state index in [-0.39, 0.29) is 12.3 Å². The average molecular weight is 707 g/mol. The molecule has 2 amide bonds. The quantitative estimate of drug-likeness (QED) is 0.147. The van der Waals surface area contributed by atoms with Crippen LogP contribution in [-0.2, 0) is 20.7 Å². The SMILES string of the molecule is COc1cc(N2CCN(Cc3cc(C4CCC(=O)NC4=O)ncc3F)CC2)ccc1Nc1ncc(Cl)c(Nc2ccccc2P(C)(C)=O)n1. The number of benzene rings is 2. The number of piperazine rings is 1. The number of hydrogen-bond donors (Lipinski definition) is 3. The molecular formula is C34H37ClFN8O4P. The number of carbonyl (C=O) groups excluding carboxylic acids is 2. The van der Waals surface area contributed by atoms with Crippen molar-refractivity contribution in [2.75, 3.05) is 62.2 Å². The first-order valence-electron chi connectivity index (χ1n) is 15.8. The van der Waals surface area contributed by atoms with Crippen molar-refractivity contribution >= 4 is 64.7 Å². The van der Waals surface area contributed by atoms with Crippen molar-refractivity contribution in [2.24, 2.45) is 0 Å². The summed E-state index contributed by atoms with van der Waals surface area (Å²) in [7, 11) is -0.968. The Labute approximate surface area is 288 Å². The molecule has 0 spiro atoms. The lowest BCUT2D eigenvalue weighted by atomic mass is 9.93. The lowest BCUT2D eigenvalue weighted by Crippen LogP contribution is -2.46. The van der Waals surface area contributed by atoms with Gasteiger partial charge < -0.3 is 24.8 Å². The lowest BCUT2D eigenvalue weighted by molar-refractivity contribution is -0.134. The first-order valence-corrected chi connectivity index (χ1v) is 18.8. The highest BCUT2D eigenvalue weighted by Gasteiger charge is 2.30. The molecule has 2 saturated heterocycles. The van der Waals surface area contributed by atoms with E-state index in [9.17, 15) is 18.5 Å². The summed E-state index contributed by atoms with van der Waals surface area (Å²) in [6.07, 6.45) is 3.26. The van der Waals surface area contributed by atoms with E-state index in [1.807, 2.05) is 42.5 Å². The Bertz CT molecular complexity index is 1930. The van der Waals surface area contributed by atoms with Gasteiger partial charge in [0, 0.05) is 61.8 Å². The number of methoxy groups -OCH3 is 1. The van der Waals surface area contributed by atoms with Crippen LogP contribution in [-0.4, -0.2) is 78.3 Å². The fraction of sp³-hybridized carbons (Fsp3) is 0.324. The normalized spacial score (nSPS) is 17.1. The van der Waals surface area contributed by atoms with E-state index in [0.29, 0.717) is 89.6 Å². The number of nitrogens with zero attached hydrogens (tertiary/aromatic N) is 5. The second-order valence-electron chi connectivity index (χ2n) is 12.4. The number of imide groups is 1. The molecular weight excluding hydrogens is 670 g/mol. The van der Waals surface area contributed by atoms with Gasteiger partial charge in [-0.3, -0.25) is 24.8 Å². The lowest BCUT2D eigenvalue weighted by Gasteiger charge is -2.36. The third-order valence-corrected chi connectivity index (χ3v) is 10.4. The molecule has 0 aliphatic carbocycles. The van der Waals surface area contributed by atoms with Crippen molar-refractivity contribution in [3.8, 4) is 5.75 Å². The van der Waals surface area contributed by atoms with Crippen molar-refractivity contribution in [1.29, 1.82) is 0 Å². The molecule has 12 nitrogen and oxygen atoms in total. The number of carbonyl (C=O) groups is 2. The Morgan fingerprint density at radius 2 is 1.80 bits per heavy atom.